The molecule has 7 nitrogen and oxygen atoms in total. The van der Waals surface area contributed by atoms with Crippen LogP contribution in [-0.2, 0) is 14.3 Å². The highest BCUT2D eigenvalue weighted by Gasteiger charge is 2.35. The van der Waals surface area contributed by atoms with Crippen LogP contribution in [-0.4, -0.2) is 44.9 Å². The predicted octanol–water partition coefficient (Wildman–Crippen LogP) is 2.37. The summed E-state index contributed by atoms with van der Waals surface area (Å²) >= 11 is 0. The molecular weight excluding hydrogens is 303 g/mol. The molecule has 122 valence electrons. The standard InChI is InChI=1S/C15H17FN4O3/c16-13-7-10(1-2-14(13)20-3-5-22-6-4-20)12-8-11(9-18-19-17)23-15(12)21/h1-2,7,11-12H,3-6,8-9H2/t11-,12?/m1/s1. The van der Waals surface area contributed by atoms with Crippen molar-refractivity contribution in [1.29, 1.82) is 0 Å². The summed E-state index contributed by atoms with van der Waals surface area (Å²) in [4.78, 5) is 16.5. The Bertz CT molecular complexity index is 642. The van der Waals surface area contributed by atoms with Crippen molar-refractivity contribution in [2.24, 2.45) is 5.11 Å². The van der Waals surface area contributed by atoms with Gasteiger partial charge in [-0.15, -0.1) is 0 Å². The average molecular weight is 320 g/mol. The van der Waals surface area contributed by atoms with Crippen LogP contribution < -0.4 is 4.90 Å². The van der Waals surface area contributed by atoms with Gasteiger partial charge in [-0.25, -0.2) is 4.39 Å². The van der Waals surface area contributed by atoms with Crippen LogP contribution in [0, 0.1) is 5.82 Å². The number of carbonyl (C=O) groups excluding carboxylic acids is 1. The smallest absolute Gasteiger partial charge is 0.313 e. The van der Waals surface area contributed by atoms with E-state index in [0.717, 1.165) is 0 Å². The van der Waals surface area contributed by atoms with E-state index < -0.39 is 18.0 Å². The van der Waals surface area contributed by atoms with E-state index in [1.807, 2.05) is 4.90 Å². The molecule has 0 spiro atoms. The van der Waals surface area contributed by atoms with Crippen LogP contribution in [0.2, 0.25) is 0 Å². The second kappa shape index (κ2) is 6.85. The molecule has 8 heteroatoms. The number of cyclic esters (lactones) is 1. The van der Waals surface area contributed by atoms with E-state index in [2.05, 4.69) is 10.0 Å². The number of hydrogen-bond donors (Lipinski definition) is 0. The molecule has 2 heterocycles. The summed E-state index contributed by atoms with van der Waals surface area (Å²) in [6.45, 7) is 2.56. The summed E-state index contributed by atoms with van der Waals surface area (Å²) in [5.74, 6) is -1.26. The maximum atomic E-state index is 14.4. The van der Waals surface area contributed by atoms with E-state index in [0.29, 0.717) is 44.0 Å². The fourth-order valence-electron chi connectivity index (χ4n) is 2.97. The van der Waals surface area contributed by atoms with Crippen molar-refractivity contribution in [1.82, 2.24) is 0 Å². The summed E-state index contributed by atoms with van der Waals surface area (Å²) in [5.41, 5.74) is 9.43. The van der Waals surface area contributed by atoms with Crippen molar-refractivity contribution in [2.75, 3.05) is 37.7 Å². The van der Waals surface area contributed by atoms with Gasteiger partial charge in [-0.1, -0.05) is 11.2 Å². The van der Waals surface area contributed by atoms with Gasteiger partial charge in [0.2, 0.25) is 0 Å². The molecule has 1 aromatic rings. The second-order valence-electron chi connectivity index (χ2n) is 5.57. The van der Waals surface area contributed by atoms with Gasteiger partial charge >= 0.3 is 5.97 Å². The minimum atomic E-state index is -0.512. The van der Waals surface area contributed by atoms with Gasteiger partial charge in [-0.3, -0.25) is 4.79 Å². The third-order valence-electron chi connectivity index (χ3n) is 4.14. The molecule has 2 atom stereocenters. The van der Waals surface area contributed by atoms with Crippen LogP contribution in [0.15, 0.2) is 23.3 Å². The number of nitrogens with zero attached hydrogens (tertiary/aromatic N) is 4. The van der Waals surface area contributed by atoms with Gasteiger partial charge in [-0.2, -0.15) is 0 Å². The highest BCUT2D eigenvalue weighted by Crippen LogP contribution is 2.33. The normalized spacial score (nSPS) is 24.2. The molecular formula is C15H17FN4O3. The van der Waals surface area contributed by atoms with E-state index in [4.69, 9.17) is 15.0 Å². The first-order valence-electron chi connectivity index (χ1n) is 7.52. The summed E-state index contributed by atoms with van der Waals surface area (Å²) in [5, 5.41) is 3.42. The Labute approximate surface area is 132 Å². The van der Waals surface area contributed by atoms with Gasteiger partial charge in [0, 0.05) is 24.4 Å². The number of hydrogen-bond acceptors (Lipinski definition) is 5. The second-order valence-corrected chi connectivity index (χ2v) is 5.57. The van der Waals surface area contributed by atoms with E-state index in [1.165, 1.54) is 6.07 Å². The molecule has 1 aromatic carbocycles. The van der Waals surface area contributed by atoms with Crippen molar-refractivity contribution >= 4 is 11.7 Å². The lowest BCUT2D eigenvalue weighted by atomic mass is 9.95. The molecule has 0 bridgehead atoms. The molecule has 0 amide bonds. The van der Waals surface area contributed by atoms with E-state index >= 15 is 0 Å². The number of benzene rings is 1. The number of carbonyl (C=O) groups is 1. The Balaban J connectivity index is 1.74. The molecule has 1 unspecified atom stereocenters. The average Bonchev–Trinajstić information content (AvgIpc) is 2.94. The van der Waals surface area contributed by atoms with Crippen molar-refractivity contribution in [3.8, 4) is 0 Å². The first-order chi connectivity index (χ1) is 11.2. The molecule has 2 aliphatic heterocycles. The molecule has 3 rings (SSSR count). The minimum Gasteiger partial charge on any atom is -0.462 e. The molecule has 0 aromatic heterocycles. The Kier molecular flexibility index (Phi) is 4.64. The molecule has 2 saturated heterocycles. The quantitative estimate of drug-likeness (QED) is 0.369. The van der Waals surface area contributed by atoms with Crippen molar-refractivity contribution < 1.29 is 18.7 Å². The number of halogens is 1. The minimum absolute atomic E-state index is 0.104. The van der Waals surface area contributed by atoms with Crippen LogP contribution in [0.5, 0.6) is 0 Å². The lowest BCUT2D eigenvalue weighted by molar-refractivity contribution is -0.142. The maximum absolute atomic E-state index is 14.4. The van der Waals surface area contributed by atoms with Crippen LogP contribution in [0.3, 0.4) is 0 Å². The lowest BCUT2D eigenvalue weighted by Crippen LogP contribution is -2.36. The first kappa shape index (κ1) is 15.6. The molecule has 0 aliphatic carbocycles. The zero-order valence-corrected chi connectivity index (χ0v) is 12.5. The predicted molar refractivity (Wildman–Crippen MR) is 80.7 cm³/mol. The van der Waals surface area contributed by atoms with Gasteiger partial charge < -0.3 is 14.4 Å². The fraction of sp³-hybridized carbons (Fsp3) is 0.533. The van der Waals surface area contributed by atoms with E-state index in [-0.39, 0.29) is 12.4 Å². The number of rotatable bonds is 4. The van der Waals surface area contributed by atoms with Gasteiger partial charge in [0.1, 0.15) is 11.9 Å². The topological polar surface area (TPSA) is 87.5 Å². The first-order valence-corrected chi connectivity index (χ1v) is 7.52. The van der Waals surface area contributed by atoms with Crippen LogP contribution in [0.4, 0.5) is 10.1 Å². The van der Waals surface area contributed by atoms with Crippen LogP contribution >= 0.6 is 0 Å². The monoisotopic (exact) mass is 320 g/mol. The third kappa shape index (κ3) is 3.38. The molecule has 0 radical (unpaired) electrons. The largest absolute Gasteiger partial charge is 0.462 e. The molecule has 2 fully saturated rings. The molecule has 2 aliphatic rings. The number of ether oxygens (including phenoxy) is 2. The van der Waals surface area contributed by atoms with Gasteiger partial charge in [0.25, 0.3) is 0 Å². The highest BCUT2D eigenvalue weighted by atomic mass is 19.1. The highest BCUT2D eigenvalue weighted by molar-refractivity contribution is 5.80. The maximum Gasteiger partial charge on any atom is 0.313 e. The number of azide groups is 1. The number of morpholine rings is 1. The van der Waals surface area contributed by atoms with Crippen LogP contribution in [0.25, 0.3) is 10.4 Å². The van der Waals surface area contributed by atoms with Gasteiger partial charge in [-0.05, 0) is 23.2 Å². The van der Waals surface area contributed by atoms with Crippen molar-refractivity contribution in [3.63, 3.8) is 0 Å². The SMILES string of the molecule is [N-]=[N+]=NC[C@H]1CC(c2ccc(N3CCOCC3)c(F)c2)C(=O)O1. The summed E-state index contributed by atoms with van der Waals surface area (Å²) in [6, 6.07) is 4.85. The fourth-order valence-corrected chi connectivity index (χ4v) is 2.97. The van der Waals surface area contributed by atoms with Crippen molar-refractivity contribution in [2.45, 2.75) is 18.4 Å². The van der Waals surface area contributed by atoms with E-state index in [1.54, 1.807) is 12.1 Å². The van der Waals surface area contributed by atoms with Crippen molar-refractivity contribution in [3.05, 3.63) is 40.0 Å². The van der Waals surface area contributed by atoms with Gasteiger partial charge in [0.15, 0.2) is 0 Å². The third-order valence-corrected chi connectivity index (χ3v) is 4.14. The number of esters is 1. The zero-order chi connectivity index (χ0) is 16.2. The molecule has 23 heavy (non-hydrogen) atoms. The Hall–Kier alpha value is -2.31. The summed E-state index contributed by atoms with van der Waals surface area (Å²) in [7, 11) is 0. The van der Waals surface area contributed by atoms with E-state index in [9.17, 15) is 9.18 Å². The number of anilines is 1. The zero-order valence-electron chi connectivity index (χ0n) is 12.5. The molecule has 0 saturated carbocycles. The Morgan fingerprint density at radius 3 is 2.87 bits per heavy atom. The Morgan fingerprint density at radius 1 is 1.39 bits per heavy atom. The lowest BCUT2D eigenvalue weighted by Gasteiger charge is -2.29. The summed E-state index contributed by atoms with van der Waals surface area (Å²) < 4.78 is 24.8. The van der Waals surface area contributed by atoms with Gasteiger partial charge in [0.05, 0.1) is 31.4 Å². The van der Waals surface area contributed by atoms with Crippen LogP contribution in [0.1, 0.15) is 17.9 Å². The molecule has 0 N–H and O–H groups in total. The summed E-state index contributed by atoms with van der Waals surface area (Å²) in [6.07, 6.45) is -0.0424. The Morgan fingerprint density at radius 2 is 2.17 bits per heavy atom.